The van der Waals surface area contributed by atoms with Crippen LogP contribution in [-0.4, -0.2) is 12.1 Å². The van der Waals surface area contributed by atoms with E-state index in [4.69, 9.17) is 0 Å². The lowest BCUT2D eigenvalue weighted by Crippen LogP contribution is -2.17. The maximum atomic E-state index is 11.8. The van der Waals surface area contributed by atoms with Gasteiger partial charge in [-0.25, -0.2) is 0 Å². The molecule has 5 heteroatoms. The largest absolute Gasteiger partial charge is 0.573 e. The van der Waals surface area contributed by atoms with Gasteiger partial charge in [0.2, 0.25) is 0 Å². The fourth-order valence-corrected chi connectivity index (χ4v) is 1.64. The Morgan fingerprint density at radius 3 is 2.64 bits per heavy atom. The summed E-state index contributed by atoms with van der Waals surface area (Å²) in [5, 5.41) is 0. The quantitative estimate of drug-likeness (QED) is 0.721. The summed E-state index contributed by atoms with van der Waals surface area (Å²) in [6.45, 7) is 1.93. The van der Waals surface area contributed by atoms with Gasteiger partial charge in [-0.1, -0.05) is 13.0 Å². The minimum atomic E-state index is -4.62. The Bertz CT molecular complexity index is 298. The van der Waals surface area contributed by atoms with Gasteiger partial charge in [0.1, 0.15) is 5.75 Å². The van der Waals surface area contributed by atoms with Crippen LogP contribution in [-0.2, 0) is 0 Å². The number of thioether (sulfide) groups is 1. The van der Waals surface area contributed by atoms with Crippen molar-refractivity contribution in [3.8, 4) is 5.75 Å². The third kappa shape index (κ3) is 3.91. The number of alkyl halides is 3. The van der Waals surface area contributed by atoms with Crippen LogP contribution in [0.15, 0.2) is 29.2 Å². The zero-order chi connectivity index (χ0) is 10.6. The van der Waals surface area contributed by atoms with Crippen molar-refractivity contribution in [3.63, 3.8) is 0 Å². The Kier molecular flexibility index (Phi) is 3.69. The molecule has 0 radical (unpaired) electrons. The van der Waals surface area contributed by atoms with Crippen LogP contribution >= 0.6 is 11.8 Å². The van der Waals surface area contributed by atoms with Gasteiger partial charge in [-0.2, -0.15) is 0 Å². The standard InChI is InChI=1S/C9H9F3OS/c1-2-14-8-5-3-4-7(6-8)13-9(10,11)12/h3-6H,2H2,1H3. The molecule has 0 fully saturated rings. The van der Waals surface area contributed by atoms with Crippen molar-refractivity contribution in [1.82, 2.24) is 0 Å². The fraction of sp³-hybridized carbons (Fsp3) is 0.333. The molecule has 0 aliphatic carbocycles. The van der Waals surface area contributed by atoms with E-state index in [0.29, 0.717) is 0 Å². The summed E-state index contributed by atoms with van der Waals surface area (Å²) >= 11 is 1.47. The summed E-state index contributed by atoms with van der Waals surface area (Å²) in [6.07, 6.45) is -4.62. The lowest BCUT2D eigenvalue weighted by molar-refractivity contribution is -0.274. The third-order valence-electron chi connectivity index (χ3n) is 1.35. The summed E-state index contributed by atoms with van der Waals surface area (Å²) in [5.74, 6) is 0.645. The molecule has 0 amide bonds. The highest BCUT2D eigenvalue weighted by Gasteiger charge is 2.31. The van der Waals surface area contributed by atoms with Crippen molar-refractivity contribution < 1.29 is 17.9 Å². The number of ether oxygens (including phenoxy) is 1. The second kappa shape index (κ2) is 4.59. The molecule has 0 saturated heterocycles. The minimum Gasteiger partial charge on any atom is -0.406 e. The smallest absolute Gasteiger partial charge is 0.406 e. The molecule has 0 aliphatic rings. The van der Waals surface area contributed by atoms with Crippen molar-refractivity contribution in [2.24, 2.45) is 0 Å². The summed E-state index contributed by atoms with van der Waals surface area (Å²) in [7, 11) is 0. The molecule has 0 heterocycles. The van der Waals surface area contributed by atoms with Crippen LogP contribution in [0.1, 0.15) is 6.92 Å². The zero-order valence-electron chi connectivity index (χ0n) is 7.47. The summed E-state index contributed by atoms with van der Waals surface area (Å²) < 4.78 is 39.3. The van der Waals surface area contributed by atoms with E-state index in [2.05, 4.69) is 4.74 Å². The van der Waals surface area contributed by atoms with E-state index >= 15 is 0 Å². The molecule has 0 spiro atoms. The number of rotatable bonds is 3. The second-order valence-electron chi connectivity index (χ2n) is 2.46. The van der Waals surface area contributed by atoms with Crippen LogP contribution in [0.5, 0.6) is 5.75 Å². The minimum absolute atomic E-state index is 0.170. The highest BCUT2D eigenvalue weighted by Crippen LogP contribution is 2.27. The number of hydrogen-bond acceptors (Lipinski definition) is 2. The van der Waals surface area contributed by atoms with E-state index < -0.39 is 6.36 Å². The van der Waals surface area contributed by atoms with Crippen LogP contribution in [0.4, 0.5) is 13.2 Å². The number of halogens is 3. The average Bonchev–Trinajstić information content (AvgIpc) is 2.02. The predicted molar refractivity (Wildman–Crippen MR) is 49.5 cm³/mol. The molecule has 0 atom stereocenters. The van der Waals surface area contributed by atoms with E-state index in [-0.39, 0.29) is 5.75 Å². The maximum Gasteiger partial charge on any atom is 0.573 e. The van der Waals surface area contributed by atoms with E-state index in [1.165, 1.54) is 23.9 Å². The van der Waals surface area contributed by atoms with Crippen molar-refractivity contribution in [1.29, 1.82) is 0 Å². The number of hydrogen-bond donors (Lipinski definition) is 0. The van der Waals surface area contributed by atoms with E-state index in [0.717, 1.165) is 10.6 Å². The molecule has 0 aromatic heterocycles. The van der Waals surface area contributed by atoms with Crippen molar-refractivity contribution in [2.45, 2.75) is 18.2 Å². The van der Waals surface area contributed by atoms with Gasteiger partial charge in [-0.05, 0) is 24.0 Å². The molecule has 0 bridgehead atoms. The van der Waals surface area contributed by atoms with E-state index in [1.807, 2.05) is 6.92 Å². The zero-order valence-corrected chi connectivity index (χ0v) is 8.28. The van der Waals surface area contributed by atoms with Gasteiger partial charge in [-0.3, -0.25) is 0 Å². The second-order valence-corrected chi connectivity index (χ2v) is 3.79. The molecule has 0 aliphatic heterocycles. The molecule has 1 nitrogen and oxygen atoms in total. The van der Waals surface area contributed by atoms with Crippen LogP contribution in [0.2, 0.25) is 0 Å². The summed E-state index contributed by atoms with van der Waals surface area (Å²) in [4.78, 5) is 0.772. The highest BCUT2D eigenvalue weighted by atomic mass is 32.2. The molecule has 1 rings (SSSR count). The average molecular weight is 222 g/mol. The van der Waals surface area contributed by atoms with Crippen molar-refractivity contribution in [2.75, 3.05) is 5.75 Å². The lowest BCUT2D eigenvalue weighted by atomic mass is 10.3. The molecule has 0 saturated carbocycles. The van der Waals surface area contributed by atoms with Gasteiger partial charge < -0.3 is 4.74 Å². The first-order valence-corrected chi connectivity index (χ1v) is 4.98. The molecule has 1 aromatic carbocycles. The third-order valence-corrected chi connectivity index (χ3v) is 2.23. The van der Waals surface area contributed by atoms with Crippen molar-refractivity contribution in [3.05, 3.63) is 24.3 Å². The molecule has 78 valence electrons. The van der Waals surface area contributed by atoms with Crippen LogP contribution < -0.4 is 4.74 Å². The summed E-state index contributed by atoms with van der Waals surface area (Å²) in [6, 6.07) is 5.95. The predicted octanol–water partition coefficient (Wildman–Crippen LogP) is 3.70. The Hall–Kier alpha value is -0.840. The van der Waals surface area contributed by atoms with E-state index in [1.54, 1.807) is 12.1 Å². The SMILES string of the molecule is CCSc1cccc(OC(F)(F)F)c1. The van der Waals surface area contributed by atoms with Gasteiger partial charge >= 0.3 is 6.36 Å². The molecular weight excluding hydrogens is 213 g/mol. The molecule has 14 heavy (non-hydrogen) atoms. The van der Waals surface area contributed by atoms with Gasteiger partial charge in [0.25, 0.3) is 0 Å². The van der Waals surface area contributed by atoms with Crippen LogP contribution in [0.3, 0.4) is 0 Å². The lowest BCUT2D eigenvalue weighted by Gasteiger charge is -2.09. The molecule has 0 N–H and O–H groups in total. The van der Waals surface area contributed by atoms with Crippen LogP contribution in [0.25, 0.3) is 0 Å². The number of benzene rings is 1. The topological polar surface area (TPSA) is 9.23 Å². The Morgan fingerprint density at radius 1 is 1.36 bits per heavy atom. The molecule has 0 unspecified atom stereocenters. The van der Waals surface area contributed by atoms with Gasteiger partial charge in [0, 0.05) is 4.90 Å². The Morgan fingerprint density at radius 2 is 2.07 bits per heavy atom. The maximum absolute atomic E-state index is 11.8. The monoisotopic (exact) mass is 222 g/mol. The summed E-state index contributed by atoms with van der Waals surface area (Å²) in [5.41, 5.74) is 0. The fourth-order valence-electron chi connectivity index (χ4n) is 0.928. The van der Waals surface area contributed by atoms with E-state index in [9.17, 15) is 13.2 Å². The first kappa shape index (κ1) is 11.2. The normalized spacial score (nSPS) is 11.4. The van der Waals surface area contributed by atoms with Gasteiger partial charge in [0.15, 0.2) is 0 Å². The first-order valence-electron chi connectivity index (χ1n) is 4.00. The first-order chi connectivity index (χ1) is 6.51. The Balaban J connectivity index is 2.73. The van der Waals surface area contributed by atoms with Gasteiger partial charge in [-0.15, -0.1) is 24.9 Å². The van der Waals surface area contributed by atoms with Gasteiger partial charge in [0.05, 0.1) is 0 Å². The van der Waals surface area contributed by atoms with Crippen molar-refractivity contribution >= 4 is 11.8 Å². The highest BCUT2D eigenvalue weighted by molar-refractivity contribution is 7.99. The Labute approximate surface area is 84.3 Å². The molecular formula is C9H9F3OS. The molecule has 1 aromatic rings. The van der Waals surface area contributed by atoms with Crippen LogP contribution in [0, 0.1) is 0 Å².